The van der Waals surface area contributed by atoms with Crippen molar-refractivity contribution in [2.24, 2.45) is 5.92 Å². The van der Waals surface area contributed by atoms with Gasteiger partial charge in [-0.1, -0.05) is 98.3 Å². The van der Waals surface area contributed by atoms with Gasteiger partial charge in [0.05, 0.1) is 0 Å². The van der Waals surface area contributed by atoms with Crippen LogP contribution in [0.1, 0.15) is 124 Å². The lowest BCUT2D eigenvalue weighted by molar-refractivity contribution is 0.274. The van der Waals surface area contributed by atoms with Gasteiger partial charge in [0.15, 0.2) is 0 Å². The normalized spacial score (nSPS) is 12.9. The largest absolute Gasteiger partial charge is 0.147 e. The molecule has 0 aromatic heterocycles. The number of unbranched alkanes of at least 4 members (excludes halogenated alkanes) is 7. The smallest absolute Gasteiger partial charge is 0.0122 e. The van der Waals surface area contributed by atoms with Gasteiger partial charge in [0.25, 0.3) is 0 Å². The van der Waals surface area contributed by atoms with Crippen LogP contribution in [0.25, 0.3) is 0 Å². The van der Waals surface area contributed by atoms with Crippen LogP contribution in [-0.2, 0) is 0 Å². The predicted octanol–water partition coefficient (Wildman–Crippen LogP) is 8.57. The average molecular weight is 365 g/mol. The van der Waals surface area contributed by atoms with Crippen molar-refractivity contribution < 1.29 is 0 Å². The Hall–Kier alpha value is 0.720. The molecule has 0 N–H and O–H groups in total. The van der Waals surface area contributed by atoms with Crippen molar-refractivity contribution in [2.45, 2.75) is 129 Å². The molecule has 0 aliphatic carbocycles. The van der Waals surface area contributed by atoms with E-state index in [4.69, 9.17) is 0 Å². The molecule has 0 amide bonds. The quantitative estimate of drug-likeness (QED) is 0.190. The van der Waals surface area contributed by atoms with Gasteiger partial charge in [0.2, 0.25) is 0 Å². The molecule has 0 saturated carbocycles. The number of hydrogen-bond donors (Lipinski definition) is 0. The summed E-state index contributed by atoms with van der Waals surface area (Å²) in [7, 11) is 3.36. The summed E-state index contributed by atoms with van der Waals surface area (Å²) < 4.78 is 0. The number of rotatable bonds is 16. The summed E-state index contributed by atoms with van der Waals surface area (Å²) in [5.74, 6) is 0.942. The van der Waals surface area contributed by atoms with Crippen LogP contribution in [0, 0.1) is 5.92 Å². The summed E-state index contributed by atoms with van der Waals surface area (Å²) in [6.07, 6.45) is 21.2. The van der Waals surface area contributed by atoms with Gasteiger partial charge in [-0.3, -0.25) is 0 Å². The van der Waals surface area contributed by atoms with E-state index in [9.17, 15) is 0 Å². The second-order valence-electron chi connectivity index (χ2n) is 7.48. The van der Waals surface area contributed by atoms with Crippen LogP contribution in [0.15, 0.2) is 0 Å². The molecule has 0 bridgehead atoms. The van der Waals surface area contributed by atoms with Crippen LogP contribution >= 0.6 is 21.6 Å². The second-order valence-corrected chi connectivity index (χ2v) is 8.63. The topological polar surface area (TPSA) is 0 Å². The van der Waals surface area contributed by atoms with Crippen LogP contribution in [0.4, 0.5) is 0 Å². The highest BCUT2D eigenvalue weighted by Gasteiger charge is 2.32. The fourth-order valence-corrected chi connectivity index (χ4v) is 4.45. The third-order valence-corrected chi connectivity index (χ3v) is 6.42. The van der Waals surface area contributed by atoms with Crippen LogP contribution in [0.5, 0.6) is 0 Å². The Bertz CT molecular complexity index is 222. The van der Waals surface area contributed by atoms with E-state index in [1.165, 1.54) is 96.3 Å². The molecule has 142 valence electrons. The Balaban J connectivity index is 0. The SMILES string of the molecule is CCCCCCCC(CCCC)C(P)(CCCC)CCCC.Cl. The van der Waals surface area contributed by atoms with Crippen LogP contribution in [-0.4, -0.2) is 5.16 Å². The monoisotopic (exact) mass is 364 g/mol. The van der Waals surface area contributed by atoms with Crippen molar-refractivity contribution in [1.82, 2.24) is 0 Å². The van der Waals surface area contributed by atoms with Crippen molar-refractivity contribution >= 4 is 21.6 Å². The summed E-state index contributed by atoms with van der Waals surface area (Å²) in [6, 6.07) is 0. The van der Waals surface area contributed by atoms with Crippen molar-refractivity contribution in [1.29, 1.82) is 0 Å². The van der Waals surface area contributed by atoms with Gasteiger partial charge < -0.3 is 0 Å². The van der Waals surface area contributed by atoms with Crippen molar-refractivity contribution in [2.75, 3.05) is 0 Å². The molecule has 0 aromatic rings. The minimum atomic E-state index is 0. The summed E-state index contributed by atoms with van der Waals surface area (Å²) >= 11 is 0. The van der Waals surface area contributed by atoms with Gasteiger partial charge >= 0.3 is 0 Å². The minimum Gasteiger partial charge on any atom is -0.147 e. The van der Waals surface area contributed by atoms with Crippen LogP contribution in [0.2, 0.25) is 0 Å². The second kappa shape index (κ2) is 17.5. The lowest BCUT2D eigenvalue weighted by Gasteiger charge is -2.39. The zero-order chi connectivity index (χ0) is 16.7. The van der Waals surface area contributed by atoms with Gasteiger partial charge in [0, 0.05) is 0 Å². The first kappa shape index (κ1) is 26.0. The third kappa shape index (κ3) is 12.7. The van der Waals surface area contributed by atoms with Gasteiger partial charge in [-0.15, -0.1) is 21.6 Å². The first-order chi connectivity index (χ1) is 10.6. The maximum atomic E-state index is 3.36. The van der Waals surface area contributed by atoms with Gasteiger partial charge in [-0.25, -0.2) is 0 Å². The van der Waals surface area contributed by atoms with E-state index in [2.05, 4.69) is 36.9 Å². The molecular weight excluding hydrogens is 319 g/mol. The molecule has 0 aliphatic heterocycles. The molecule has 0 saturated heterocycles. The fraction of sp³-hybridized carbons (Fsp3) is 1.00. The molecule has 0 fully saturated rings. The van der Waals surface area contributed by atoms with E-state index in [0.717, 1.165) is 5.92 Å². The molecule has 0 nitrogen and oxygen atoms in total. The number of hydrogen-bond acceptors (Lipinski definition) is 0. The summed E-state index contributed by atoms with van der Waals surface area (Å²) in [5.41, 5.74) is 0. The number of halogens is 1. The molecule has 0 spiro atoms. The van der Waals surface area contributed by atoms with Crippen LogP contribution < -0.4 is 0 Å². The summed E-state index contributed by atoms with van der Waals surface area (Å²) in [4.78, 5) is 0. The van der Waals surface area contributed by atoms with Crippen molar-refractivity contribution in [3.05, 3.63) is 0 Å². The maximum Gasteiger partial charge on any atom is -0.0122 e. The van der Waals surface area contributed by atoms with Gasteiger partial charge in [-0.2, -0.15) is 0 Å². The first-order valence-electron chi connectivity index (χ1n) is 10.4. The molecule has 2 heteroatoms. The van der Waals surface area contributed by atoms with Crippen molar-refractivity contribution in [3.63, 3.8) is 0 Å². The Labute approximate surface area is 157 Å². The van der Waals surface area contributed by atoms with Gasteiger partial charge in [-0.05, 0) is 36.8 Å². The molecule has 0 aromatic carbocycles. The zero-order valence-corrected chi connectivity index (χ0v) is 18.6. The molecule has 0 heterocycles. The van der Waals surface area contributed by atoms with Crippen LogP contribution in [0.3, 0.4) is 0 Å². The molecule has 0 rings (SSSR count). The molecule has 0 aliphatic rings. The Kier molecular flexibility index (Phi) is 19.8. The molecule has 0 radical (unpaired) electrons. The van der Waals surface area contributed by atoms with E-state index >= 15 is 0 Å². The molecule has 2 atom stereocenters. The first-order valence-corrected chi connectivity index (χ1v) is 11.0. The van der Waals surface area contributed by atoms with E-state index in [1.54, 1.807) is 0 Å². The summed E-state index contributed by atoms with van der Waals surface area (Å²) in [6.45, 7) is 9.35. The highest BCUT2D eigenvalue weighted by molar-refractivity contribution is 7.19. The lowest BCUT2D eigenvalue weighted by Crippen LogP contribution is -2.32. The fourth-order valence-electron chi connectivity index (χ4n) is 3.71. The van der Waals surface area contributed by atoms with Gasteiger partial charge in [0.1, 0.15) is 0 Å². The van der Waals surface area contributed by atoms with E-state index in [-0.39, 0.29) is 12.4 Å². The molecule has 23 heavy (non-hydrogen) atoms. The minimum absolute atomic E-state index is 0. The standard InChI is InChI=1S/C21H45P.ClH/c1-5-9-13-14-15-17-20(16-10-6-2)21(22,18-11-7-3)19-12-8-4;/h20H,5-19,22H2,1-4H3;1H. The Morgan fingerprint density at radius 3 is 1.52 bits per heavy atom. The Morgan fingerprint density at radius 1 is 0.609 bits per heavy atom. The predicted molar refractivity (Wildman–Crippen MR) is 115 cm³/mol. The maximum absolute atomic E-state index is 3.36. The Morgan fingerprint density at radius 2 is 1.04 bits per heavy atom. The molecule has 2 unspecified atom stereocenters. The summed E-state index contributed by atoms with van der Waals surface area (Å²) in [5, 5.41) is 0.534. The lowest BCUT2D eigenvalue weighted by atomic mass is 9.77. The molecular formula is C21H46ClP. The average Bonchev–Trinajstić information content (AvgIpc) is 2.53. The third-order valence-electron chi connectivity index (χ3n) is 5.37. The highest BCUT2D eigenvalue weighted by Crippen LogP contribution is 2.43. The van der Waals surface area contributed by atoms with E-state index in [1.807, 2.05) is 0 Å². The highest BCUT2D eigenvalue weighted by atomic mass is 35.5. The van der Waals surface area contributed by atoms with Crippen molar-refractivity contribution in [3.8, 4) is 0 Å². The zero-order valence-electron chi connectivity index (χ0n) is 16.7. The van der Waals surface area contributed by atoms with E-state index in [0.29, 0.717) is 5.16 Å². The van der Waals surface area contributed by atoms with E-state index < -0.39 is 0 Å².